The number of para-hydroxylation sites is 2. The maximum Gasteiger partial charge on any atom is 0.223 e. The van der Waals surface area contributed by atoms with Crippen LogP contribution in [0.4, 0.5) is 0 Å². The first-order valence-electron chi connectivity index (χ1n) is 10.1. The minimum Gasteiger partial charge on any atom is -0.355 e. The number of hydrogen-bond acceptors (Lipinski definition) is 3. The zero-order valence-corrected chi connectivity index (χ0v) is 16.6. The van der Waals surface area contributed by atoms with E-state index in [1.165, 1.54) is 5.56 Å². The highest BCUT2D eigenvalue weighted by Gasteiger charge is 2.38. The minimum absolute atomic E-state index is 0.0527. The number of nitrogens with zero attached hydrogens (tertiary/aromatic N) is 2. The molecule has 2 atom stereocenters. The second-order valence-corrected chi connectivity index (χ2v) is 7.81. The van der Waals surface area contributed by atoms with Gasteiger partial charge in [-0.05, 0) is 35.6 Å². The molecule has 6 nitrogen and oxygen atoms in total. The number of carbonyl (C=O) groups is 2. The van der Waals surface area contributed by atoms with Crippen LogP contribution in [0.5, 0.6) is 0 Å². The molecule has 1 aliphatic rings. The number of aromatic nitrogens is 2. The van der Waals surface area contributed by atoms with E-state index in [1.807, 2.05) is 36.7 Å². The normalized spacial score (nSPS) is 17.8. The fraction of sp³-hybridized carbons (Fsp3) is 0.348. The molecule has 150 valence electrons. The van der Waals surface area contributed by atoms with Crippen LogP contribution >= 0.6 is 0 Å². The van der Waals surface area contributed by atoms with Crippen LogP contribution in [0.1, 0.15) is 30.9 Å². The lowest BCUT2D eigenvalue weighted by atomic mass is 10.1. The molecule has 1 aliphatic carbocycles. The van der Waals surface area contributed by atoms with Gasteiger partial charge in [-0.1, -0.05) is 43.3 Å². The van der Waals surface area contributed by atoms with Gasteiger partial charge in [-0.15, -0.1) is 0 Å². The van der Waals surface area contributed by atoms with Gasteiger partial charge in [0.2, 0.25) is 11.8 Å². The molecule has 1 aromatic heterocycles. The molecule has 6 heteroatoms. The molecule has 1 heterocycles. The van der Waals surface area contributed by atoms with Crippen LogP contribution in [0, 0.1) is 11.8 Å². The summed E-state index contributed by atoms with van der Waals surface area (Å²) in [6.45, 7) is 3.71. The third kappa shape index (κ3) is 4.83. The van der Waals surface area contributed by atoms with E-state index < -0.39 is 0 Å². The highest BCUT2D eigenvalue weighted by Crippen LogP contribution is 2.37. The van der Waals surface area contributed by atoms with Gasteiger partial charge in [0.1, 0.15) is 0 Å². The van der Waals surface area contributed by atoms with Crippen molar-refractivity contribution in [2.45, 2.75) is 32.9 Å². The Kier molecular flexibility index (Phi) is 5.60. The quantitative estimate of drug-likeness (QED) is 0.621. The SMILES string of the molecule is CC1CC1C(=O)NCCC(=O)NCc1ccc(Cn2cnc3ccccc32)cc1. The summed E-state index contributed by atoms with van der Waals surface area (Å²) in [4.78, 5) is 28.1. The lowest BCUT2D eigenvalue weighted by molar-refractivity contribution is -0.123. The highest BCUT2D eigenvalue weighted by atomic mass is 16.2. The molecule has 29 heavy (non-hydrogen) atoms. The predicted octanol–water partition coefficient (Wildman–Crippen LogP) is 2.86. The van der Waals surface area contributed by atoms with E-state index in [9.17, 15) is 9.59 Å². The van der Waals surface area contributed by atoms with Crippen molar-refractivity contribution in [3.05, 3.63) is 66.0 Å². The van der Waals surface area contributed by atoms with Crippen molar-refractivity contribution in [1.82, 2.24) is 20.2 Å². The Morgan fingerprint density at radius 1 is 1.07 bits per heavy atom. The van der Waals surface area contributed by atoms with Gasteiger partial charge in [-0.3, -0.25) is 9.59 Å². The number of carbonyl (C=O) groups excluding carboxylic acids is 2. The van der Waals surface area contributed by atoms with Crippen LogP contribution in [0.15, 0.2) is 54.9 Å². The van der Waals surface area contributed by atoms with E-state index in [-0.39, 0.29) is 17.7 Å². The van der Waals surface area contributed by atoms with Crippen molar-refractivity contribution < 1.29 is 9.59 Å². The lowest BCUT2D eigenvalue weighted by Gasteiger charge is -2.08. The van der Waals surface area contributed by atoms with Crippen molar-refractivity contribution in [3.8, 4) is 0 Å². The largest absolute Gasteiger partial charge is 0.355 e. The molecule has 0 spiro atoms. The predicted molar refractivity (Wildman–Crippen MR) is 112 cm³/mol. The van der Waals surface area contributed by atoms with Crippen molar-refractivity contribution in [2.75, 3.05) is 6.54 Å². The maximum atomic E-state index is 12.0. The molecule has 1 fully saturated rings. The minimum atomic E-state index is -0.0527. The first-order chi connectivity index (χ1) is 14.1. The van der Waals surface area contributed by atoms with Crippen LogP contribution in [0.25, 0.3) is 11.0 Å². The zero-order chi connectivity index (χ0) is 20.2. The molecule has 0 aliphatic heterocycles. The number of rotatable bonds is 8. The van der Waals surface area contributed by atoms with Crippen LogP contribution in [0.3, 0.4) is 0 Å². The van der Waals surface area contributed by atoms with Gasteiger partial charge in [0, 0.05) is 32.0 Å². The molecule has 2 N–H and O–H groups in total. The number of nitrogens with one attached hydrogen (secondary N) is 2. The molecule has 0 bridgehead atoms. The monoisotopic (exact) mass is 390 g/mol. The fourth-order valence-electron chi connectivity index (χ4n) is 3.50. The Morgan fingerprint density at radius 2 is 1.79 bits per heavy atom. The number of benzene rings is 2. The Morgan fingerprint density at radius 3 is 2.55 bits per heavy atom. The highest BCUT2D eigenvalue weighted by molar-refractivity contribution is 5.82. The van der Waals surface area contributed by atoms with E-state index in [4.69, 9.17) is 0 Å². The van der Waals surface area contributed by atoms with Crippen LogP contribution < -0.4 is 10.6 Å². The van der Waals surface area contributed by atoms with Gasteiger partial charge in [0.25, 0.3) is 0 Å². The van der Waals surface area contributed by atoms with Crippen molar-refractivity contribution in [3.63, 3.8) is 0 Å². The van der Waals surface area contributed by atoms with Crippen molar-refractivity contribution in [2.24, 2.45) is 11.8 Å². The van der Waals surface area contributed by atoms with Gasteiger partial charge in [0.05, 0.1) is 17.4 Å². The first-order valence-corrected chi connectivity index (χ1v) is 10.1. The third-order valence-electron chi connectivity index (χ3n) is 5.49. The molecule has 2 amide bonds. The summed E-state index contributed by atoms with van der Waals surface area (Å²) in [5.41, 5.74) is 4.34. The molecular formula is C23H26N4O2. The van der Waals surface area contributed by atoms with E-state index in [1.54, 1.807) is 0 Å². The second kappa shape index (κ2) is 8.47. The zero-order valence-electron chi connectivity index (χ0n) is 16.6. The van der Waals surface area contributed by atoms with E-state index in [2.05, 4.69) is 45.3 Å². The fourth-order valence-corrected chi connectivity index (χ4v) is 3.50. The Balaban J connectivity index is 1.22. The van der Waals surface area contributed by atoms with Gasteiger partial charge in [0.15, 0.2) is 0 Å². The Bertz CT molecular complexity index is 1010. The molecule has 4 rings (SSSR count). The molecule has 2 aromatic carbocycles. The van der Waals surface area contributed by atoms with Crippen molar-refractivity contribution >= 4 is 22.8 Å². The molecular weight excluding hydrogens is 364 g/mol. The summed E-state index contributed by atoms with van der Waals surface area (Å²) >= 11 is 0. The molecule has 1 saturated carbocycles. The third-order valence-corrected chi connectivity index (χ3v) is 5.49. The summed E-state index contributed by atoms with van der Waals surface area (Å²) in [7, 11) is 0. The summed E-state index contributed by atoms with van der Waals surface area (Å²) in [6.07, 6.45) is 3.13. The van der Waals surface area contributed by atoms with Crippen LogP contribution in [-0.2, 0) is 22.7 Å². The number of amides is 2. The smallest absolute Gasteiger partial charge is 0.223 e. The van der Waals surface area contributed by atoms with Gasteiger partial charge in [-0.25, -0.2) is 4.98 Å². The number of imidazole rings is 1. The van der Waals surface area contributed by atoms with E-state index in [0.29, 0.717) is 25.4 Å². The molecule has 0 radical (unpaired) electrons. The van der Waals surface area contributed by atoms with E-state index >= 15 is 0 Å². The summed E-state index contributed by atoms with van der Waals surface area (Å²) in [6, 6.07) is 16.3. The Hall–Kier alpha value is -3.15. The average molecular weight is 390 g/mol. The van der Waals surface area contributed by atoms with Crippen LogP contribution in [0.2, 0.25) is 0 Å². The van der Waals surface area contributed by atoms with Gasteiger partial charge in [-0.2, -0.15) is 0 Å². The summed E-state index contributed by atoms with van der Waals surface area (Å²) in [5.74, 6) is 0.658. The summed E-state index contributed by atoms with van der Waals surface area (Å²) in [5, 5.41) is 5.75. The topological polar surface area (TPSA) is 76.0 Å². The molecule has 0 saturated heterocycles. The van der Waals surface area contributed by atoms with Crippen molar-refractivity contribution in [1.29, 1.82) is 0 Å². The standard InChI is InChI=1S/C23H26N4O2/c1-16-12-19(16)23(29)24-11-10-22(28)25-13-17-6-8-18(9-7-17)14-27-15-26-20-4-2-3-5-21(20)27/h2-9,15-16,19H,10-14H2,1H3,(H,24,29)(H,25,28). The summed E-state index contributed by atoms with van der Waals surface area (Å²) < 4.78 is 2.13. The van der Waals surface area contributed by atoms with Crippen LogP contribution in [-0.4, -0.2) is 27.9 Å². The van der Waals surface area contributed by atoms with Gasteiger partial charge >= 0.3 is 0 Å². The molecule has 2 unspecified atom stereocenters. The number of fused-ring (bicyclic) bond motifs is 1. The maximum absolute atomic E-state index is 12.0. The number of hydrogen-bond donors (Lipinski definition) is 2. The average Bonchev–Trinajstić information content (AvgIpc) is 3.34. The Labute approximate surface area is 170 Å². The first kappa shape index (κ1) is 19.2. The second-order valence-electron chi connectivity index (χ2n) is 7.81. The van der Waals surface area contributed by atoms with Gasteiger partial charge < -0.3 is 15.2 Å². The van der Waals surface area contributed by atoms with E-state index in [0.717, 1.165) is 29.6 Å². The lowest BCUT2D eigenvalue weighted by Crippen LogP contribution is -2.31. The molecule has 3 aromatic rings.